The number of halogens is 1. The Labute approximate surface area is 105 Å². The summed E-state index contributed by atoms with van der Waals surface area (Å²) in [5, 5.41) is 10.1. The van der Waals surface area contributed by atoms with Crippen LogP contribution in [0.4, 0.5) is 0 Å². The third kappa shape index (κ3) is 3.30. The Bertz CT molecular complexity index is 317. The first-order valence-electron chi connectivity index (χ1n) is 5.76. The predicted molar refractivity (Wildman–Crippen MR) is 67.4 cm³/mol. The van der Waals surface area contributed by atoms with Crippen molar-refractivity contribution >= 4 is 15.9 Å². The molecule has 1 aliphatic rings. The molecule has 3 heteroatoms. The lowest BCUT2D eigenvalue weighted by Gasteiger charge is -2.26. The quantitative estimate of drug-likeness (QED) is 0.925. The van der Waals surface area contributed by atoms with Crippen LogP contribution in [0, 0.1) is 5.92 Å². The molecule has 16 heavy (non-hydrogen) atoms. The molecule has 0 spiro atoms. The summed E-state index contributed by atoms with van der Waals surface area (Å²) in [5.41, 5.74) is 1.20. The smallest absolute Gasteiger partial charge is 0.0610 e. The highest BCUT2D eigenvalue weighted by Crippen LogP contribution is 2.22. The SMILES string of the molecule is OC(Cc1ccc(Br)cc1)C1CCOCC1. The van der Waals surface area contributed by atoms with Crippen LogP contribution in [0.5, 0.6) is 0 Å². The zero-order valence-corrected chi connectivity index (χ0v) is 10.8. The molecule has 0 aromatic heterocycles. The number of ether oxygens (including phenoxy) is 1. The van der Waals surface area contributed by atoms with Gasteiger partial charge in [-0.2, -0.15) is 0 Å². The van der Waals surface area contributed by atoms with Gasteiger partial charge in [0.1, 0.15) is 0 Å². The molecule has 2 rings (SSSR count). The van der Waals surface area contributed by atoms with Crippen LogP contribution in [0.25, 0.3) is 0 Å². The van der Waals surface area contributed by atoms with Gasteiger partial charge in [-0.25, -0.2) is 0 Å². The number of aliphatic hydroxyl groups is 1. The van der Waals surface area contributed by atoms with E-state index in [0.29, 0.717) is 5.92 Å². The highest BCUT2D eigenvalue weighted by atomic mass is 79.9. The van der Waals surface area contributed by atoms with Crippen molar-refractivity contribution < 1.29 is 9.84 Å². The molecule has 1 unspecified atom stereocenters. The minimum absolute atomic E-state index is 0.231. The normalized spacial score (nSPS) is 19.6. The molecule has 1 atom stereocenters. The Morgan fingerprint density at radius 2 is 1.88 bits per heavy atom. The van der Waals surface area contributed by atoms with Crippen LogP contribution in [0.1, 0.15) is 18.4 Å². The van der Waals surface area contributed by atoms with E-state index in [1.54, 1.807) is 0 Å². The van der Waals surface area contributed by atoms with Gasteiger partial charge in [-0.3, -0.25) is 0 Å². The average Bonchev–Trinajstić information content (AvgIpc) is 2.33. The summed E-state index contributed by atoms with van der Waals surface area (Å²) in [5.74, 6) is 0.400. The summed E-state index contributed by atoms with van der Waals surface area (Å²) in [6, 6.07) is 8.16. The molecule has 0 radical (unpaired) electrons. The summed E-state index contributed by atoms with van der Waals surface area (Å²) in [7, 11) is 0. The van der Waals surface area contributed by atoms with Crippen LogP contribution in [0.3, 0.4) is 0 Å². The van der Waals surface area contributed by atoms with Gasteiger partial charge < -0.3 is 9.84 Å². The fourth-order valence-electron chi connectivity index (χ4n) is 2.13. The molecule has 0 aliphatic carbocycles. The number of hydrogen-bond donors (Lipinski definition) is 1. The molecule has 1 saturated heterocycles. The summed E-state index contributed by atoms with van der Waals surface area (Å²) in [6.07, 6.45) is 2.48. The molecule has 0 amide bonds. The van der Waals surface area contributed by atoms with Crippen LogP contribution in [-0.4, -0.2) is 24.4 Å². The average molecular weight is 285 g/mol. The summed E-state index contributed by atoms with van der Waals surface area (Å²) < 4.78 is 6.38. The largest absolute Gasteiger partial charge is 0.392 e. The minimum atomic E-state index is -0.231. The standard InChI is InChI=1S/C13H17BrO2/c14-12-3-1-10(2-4-12)9-13(15)11-5-7-16-8-6-11/h1-4,11,13,15H,5-9H2. The summed E-state index contributed by atoms with van der Waals surface area (Å²) in [6.45, 7) is 1.59. The molecule has 1 heterocycles. The van der Waals surface area contributed by atoms with Gasteiger partial charge >= 0.3 is 0 Å². The van der Waals surface area contributed by atoms with Crippen molar-refractivity contribution in [3.05, 3.63) is 34.3 Å². The van der Waals surface area contributed by atoms with E-state index >= 15 is 0 Å². The first-order valence-corrected chi connectivity index (χ1v) is 6.55. The second-order valence-electron chi connectivity index (χ2n) is 4.35. The molecular formula is C13H17BrO2. The van der Waals surface area contributed by atoms with E-state index in [9.17, 15) is 5.11 Å². The molecule has 88 valence electrons. The van der Waals surface area contributed by atoms with Crippen molar-refractivity contribution in [2.75, 3.05) is 13.2 Å². The first kappa shape index (κ1) is 12.1. The number of aliphatic hydroxyl groups excluding tert-OH is 1. The molecule has 0 bridgehead atoms. The van der Waals surface area contributed by atoms with Crippen molar-refractivity contribution in [1.29, 1.82) is 0 Å². The van der Waals surface area contributed by atoms with Crippen LogP contribution in [0.2, 0.25) is 0 Å². The highest BCUT2D eigenvalue weighted by Gasteiger charge is 2.22. The van der Waals surface area contributed by atoms with Crippen LogP contribution >= 0.6 is 15.9 Å². The van der Waals surface area contributed by atoms with E-state index in [0.717, 1.165) is 36.9 Å². The van der Waals surface area contributed by atoms with Crippen molar-refractivity contribution in [3.63, 3.8) is 0 Å². The van der Waals surface area contributed by atoms with Crippen LogP contribution < -0.4 is 0 Å². The molecule has 1 aromatic rings. The molecule has 0 saturated carbocycles. The third-order valence-electron chi connectivity index (χ3n) is 3.17. The Kier molecular flexibility index (Phi) is 4.38. The van der Waals surface area contributed by atoms with Crippen molar-refractivity contribution in [2.24, 2.45) is 5.92 Å². The van der Waals surface area contributed by atoms with Crippen LogP contribution in [0.15, 0.2) is 28.7 Å². The molecule has 1 aliphatic heterocycles. The molecule has 1 N–H and O–H groups in total. The maximum Gasteiger partial charge on any atom is 0.0610 e. The van der Waals surface area contributed by atoms with Gasteiger partial charge in [0.25, 0.3) is 0 Å². The minimum Gasteiger partial charge on any atom is -0.392 e. The predicted octanol–water partition coefficient (Wildman–Crippen LogP) is 2.78. The van der Waals surface area contributed by atoms with E-state index in [2.05, 4.69) is 28.1 Å². The van der Waals surface area contributed by atoms with Crippen LogP contribution in [-0.2, 0) is 11.2 Å². The van der Waals surface area contributed by atoms with E-state index < -0.39 is 0 Å². The zero-order chi connectivity index (χ0) is 11.4. The van der Waals surface area contributed by atoms with E-state index in [1.807, 2.05) is 12.1 Å². The molecular weight excluding hydrogens is 268 g/mol. The lowest BCUT2D eigenvalue weighted by molar-refractivity contribution is 0.00839. The Balaban J connectivity index is 1.90. The number of hydrogen-bond acceptors (Lipinski definition) is 2. The highest BCUT2D eigenvalue weighted by molar-refractivity contribution is 9.10. The van der Waals surface area contributed by atoms with Gasteiger partial charge in [0.05, 0.1) is 6.10 Å². The monoisotopic (exact) mass is 284 g/mol. The fraction of sp³-hybridized carbons (Fsp3) is 0.538. The maximum absolute atomic E-state index is 10.1. The van der Waals surface area contributed by atoms with E-state index in [-0.39, 0.29) is 6.10 Å². The lowest BCUT2D eigenvalue weighted by atomic mass is 9.90. The van der Waals surface area contributed by atoms with Gasteiger partial charge in [0.15, 0.2) is 0 Å². The molecule has 2 nitrogen and oxygen atoms in total. The lowest BCUT2D eigenvalue weighted by Crippen LogP contribution is -2.28. The van der Waals surface area contributed by atoms with Crippen molar-refractivity contribution in [1.82, 2.24) is 0 Å². The zero-order valence-electron chi connectivity index (χ0n) is 9.23. The van der Waals surface area contributed by atoms with E-state index in [4.69, 9.17) is 4.74 Å². The number of rotatable bonds is 3. The second kappa shape index (κ2) is 5.80. The molecule has 1 fully saturated rings. The fourth-order valence-corrected chi connectivity index (χ4v) is 2.39. The first-order chi connectivity index (χ1) is 7.75. The van der Waals surface area contributed by atoms with Gasteiger partial charge in [0.2, 0.25) is 0 Å². The summed E-state index contributed by atoms with van der Waals surface area (Å²) in [4.78, 5) is 0. The van der Waals surface area contributed by atoms with Gasteiger partial charge in [-0.05, 0) is 42.9 Å². The maximum atomic E-state index is 10.1. The Morgan fingerprint density at radius 3 is 2.50 bits per heavy atom. The van der Waals surface area contributed by atoms with Crippen molar-refractivity contribution in [3.8, 4) is 0 Å². The Morgan fingerprint density at radius 1 is 1.25 bits per heavy atom. The van der Waals surface area contributed by atoms with Gasteiger partial charge in [-0.15, -0.1) is 0 Å². The van der Waals surface area contributed by atoms with Crippen molar-refractivity contribution in [2.45, 2.75) is 25.4 Å². The van der Waals surface area contributed by atoms with E-state index in [1.165, 1.54) is 5.56 Å². The second-order valence-corrected chi connectivity index (χ2v) is 5.26. The molecule has 1 aromatic carbocycles. The summed E-state index contributed by atoms with van der Waals surface area (Å²) >= 11 is 3.41. The van der Waals surface area contributed by atoms with Gasteiger partial charge in [-0.1, -0.05) is 28.1 Å². The third-order valence-corrected chi connectivity index (χ3v) is 3.70. The Hall–Kier alpha value is -0.380. The number of benzene rings is 1. The van der Waals surface area contributed by atoms with Gasteiger partial charge in [0, 0.05) is 17.7 Å². The topological polar surface area (TPSA) is 29.5 Å².